The molecule has 2 aromatic rings. The van der Waals surface area contributed by atoms with Gasteiger partial charge in [-0.05, 0) is 37.3 Å². The number of benzene rings is 1. The summed E-state index contributed by atoms with van der Waals surface area (Å²) in [5, 5.41) is 11.8. The Morgan fingerprint density at radius 2 is 2.16 bits per heavy atom. The maximum Gasteiger partial charge on any atom is 0.272 e. The number of nitro benzene ring substituents is 1. The van der Waals surface area contributed by atoms with Crippen LogP contribution in [0.15, 0.2) is 18.2 Å². The summed E-state index contributed by atoms with van der Waals surface area (Å²) in [7, 11) is 0. The summed E-state index contributed by atoms with van der Waals surface area (Å²) >= 11 is 1.62. The molecule has 1 aromatic carbocycles. The zero-order valence-corrected chi connectivity index (χ0v) is 11.4. The first kappa shape index (κ1) is 12.2. The number of hydrogen-bond donors (Lipinski definition) is 1. The van der Waals surface area contributed by atoms with Crippen LogP contribution < -0.4 is 5.73 Å². The van der Waals surface area contributed by atoms with Crippen LogP contribution in [0.25, 0.3) is 11.1 Å². The highest BCUT2D eigenvalue weighted by molar-refractivity contribution is 7.16. The van der Waals surface area contributed by atoms with Crippen molar-refractivity contribution in [2.45, 2.75) is 26.2 Å². The minimum atomic E-state index is -0.332. The zero-order chi connectivity index (χ0) is 13.6. The van der Waals surface area contributed by atoms with Crippen LogP contribution in [0.1, 0.15) is 22.4 Å². The lowest BCUT2D eigenvalue weighted by molar-refractivity contribution is -0.385. The van der Waals surface area contributed by atoms with Gasteiger partial charge in [-0.1, -0.05) is 12.1 Å². The molecule has 1 aliphatic rings. The molecule has 0 amide bonds. The summed E-state index contributed by atoms with van der Waals surface area (Å²) in [6.45, 7) is 1.75. The summed E-state index contributed by atoms with van der Waals surface area (Å²) in [6, 6.07) is 5.37. The summed E-state index contributed by atoms with van der Waals surface area (Å²) in [5.41, 5.74) is 10.1. The van der Waals surface area contributed by atoms with Gasteiger partial charge in [-0.15, -0.1) is 11.3 Å². The van der Waals surface area contributed by atoms with Gasteiger partial charge in [-0.25, -0.2) is 0 Å². The van der Waals surface area contributed by atoms with Crippen molar-refractivity contribution in [3.05, 3.63) is 44.3 Å². The number of nitro groups is 1. The van der Waals surface area contributed by atoms with Gasteiger partial charge in [-0.2, -0.15) is 0 Å². The Morgan fingerprint density at radius 3 is 2.89 bits per heavy atom. The van der Waals surface area contributed by atoms with Crippen molar-refractivity contribution in [1.29, 1.82) is 0 Å². The Hall–Kier alpha value is -1.88. The van der Waals surface area contributed by atoms with Crippen molar-refractivity contribution in [2.24, 2.45) is 0 Å². The summed E-state index contributed by atoms with van der Waals surface area (Å²) in [4.78, 5) is 12.1. The third-order valence-corrected chi connectivity index (χ3v) is 4.76. The van der Waals surface area contributed by atoms with Crippen molar-refractivity contribution in [1.82, 2.24) is 0 Å². The lowest BCUT2D eigenvalue weighted by atomic mass is 10.00. The topological polar surface area (TPSA) is 69.2 Å². The minimum absolute atomic E-state index is 0.162. The van der Waals surface area contributed by atoms with Crippen molar-refractivity contribution >= 4 is 22.0 Å². The first-order chi connectivity index (χ1) is 9.08. The predicted molar refractivity (Wildman–Crippen MR) is 77.6 cm³/mol. The molecule has 0 aliphatic heterocycles. The van der Waals surface area contributed by atoms with E-state index in [9.17, 15) is 10.1 Å². The van der Waals surface area contributed by atoms with Crippen molar-refractivity contribution in [3.8, 4) is 11.1 Å². The molecule has 98 valence electrons. The monoisotopic (exact) mass is 274 g/mol. The van der Waals surface area contributed by atoms with Crippen LogP contribution in [0.3, 0.4) is 0 Å². The van der Waals surface area contributed by atoms with E-state index in [1.54, 1.807) is 30.4 Å². The number of hydrogen-bond acceptors (Lipinski definition) is 4. The molecule has 4 nitrogen and oxygen atoms in total. The molecule has 5 heteroatoms. The molecule has 0 spiro atoms. The fourth-order valence-electron chi connectivity index (χ4n) is 2.70. The molecule has 1 heterocycles. The maximum atomic E-state index is 11.0. The lowest BCUT2D eigenvalue weighted by Gasteiger charge is -2.05. The Kier molecular flexibility index (Phi) is 2.78. The molecule has 0 saturated heterocycles. The van der Waals surface area contributed by atoms with Crippen LogP contribution in [0.4, 0.5) is 10.7 Å². The molecule has 0 saturated carbocycles. The molecule has 19 heavy (non-hydrogen) atoms. The zero-order valence-electron chi connectivity index (χ0n) is 10.6. The molecule has 0 fully saturated rings. The SMILES string of the molecule is Cc1ccc(-c2c(N)sc3c2CCC3)cc1[N+](=O)[O-]. The Balaban J connectivity index is 2.18. The van der Waals surface area contributed by atoms with Crippen LogP contribution in [0.2, 0.25) is 0 Å². The van der Waals surface area contributed by atoms with Gasteiger partial charge in [0, 0.05) is 22.1 Å². The van der Waals surface area contributed by atoms with Gasteiger partial charge < -0.3 is 5.73 Å². The van der Waals surface area contributed by atoms with E-state index in [1.807, 2.05) is 6.07 Å². The van der Waals surface area contributed by atoms with Crippen LogP contribution >= 0.6 is 11.3 Å². The molecule has 0 unspecified atom stereocenters. The summed E-state index contributed by atoms with van der Waals surface area (Å²) < 4.78 is 0. The number of nitrogens with two attached hydrogens (primary N) is 1. The van der Waals surface area contributed by atoms with E-state index in [0.717, 1.165) is 35.4 Å². The lowest BCUT2D eigenvalue weighted by Crippen LogP contribution is -1.94. The third kappa shape index (κ3) is 1.90. The van der Waals surface area contributed by atoms with Gasteiger partial charge in [0.15, 0.2) is 0 Å². The maximum absolute atomic E-state index is 11.0. The van der Waals surface area contributed by atoms with Gasteiger partial charge in [0.2, 0.25) is 0 Å². The van der Waals surface area contributed by atoms with Gasteiger partial charge in [-0.3, -0.25) is 10.1 Å². The number of nitrogen functional groups attached to an aromatic ring is 1. The normalized spacial score (nSPS) is 13.5. The van der Waals surface area contributed by atoms with E-state index >= 15 is 0 Å². The number of aryl methyl sites for hydroxylation is 2. The van der Waals surface area contributed by atoms with Gasteiger partial charge in [0.05, 0.1) is 9.92 Å². The summed E-state index contributed by atoms with van der Waals surface area (Å²) in [6.07, 6.45) is 3.26. The number of rotatable bonds is 2. The fourth-order valence-corrected chi connectivity index (χ4v) is 3.89. The molecule has 0 bridgehead atoms. The third-order valence-electron chi connectivity index (χ3n) is 3.64. The number of anilines is 1. The van der Waals surface area contributed by atoms with Crippen LogP contribution in [-0.2, 0) is 12.8 Å². The molecule has 2 N–H and O–H groups in total. The second kappa shape index (κ2) is 4.35. The van der Waals surface area contributed by atoms with E-state index in [0.29, 0.717) is 5.56 Å². The highest BCUT2D eigenvalue weighted by Crippen LogP contribution is 2.44. The Bertz CT molecular complexity index is 676. The van der Waals surface area contributed by atoms with E-state index in [2.05, 4.69) is 0 Å². The molecule has 1 aromatic heterocycles. The Morgan fingerprint density at radius 1 is 1.37 bits per heavy atom. The fraction of sp³-hybridized carbons (Fsp3) is 0.286. The van der Waals surface area contributed by atoms with E-state index < -0.39 is 0 Å². The molecule has 1 aliphatic carbocycles. The second-order valence-corrected chi connectivity index (χ2v) is 5.99. The van der Waals surface area contributed by atoms with E-state index in [4.69, 9.17) is 5.73 Å². The predicted octanol–water partition coefficient (Wildman–Crippen LogP) is 3.70. The first-order valence-electron chi connectivity index (χ1n) is 6.23. The Labute approximate surface area is 115 Å². The molecule has 0 atom stereocenters. The molecule has 3 rings (SSSR count). The highest BCUT2D eigenvalue weighted by atomic mass is 32.1. The average molecular weight is 274 g/mol. The minimum Gasteiger partial charge on any atom is -0.390 e. The van der Waals surface area contributed by atoms with Crippen molar-refractivity contribution in [3.63, 3.8) is 0 Å². The molecular formula is C14H14N2O2S. The first-order valence-corrected chi connectivity index (χ1v) is 7.05. The summed E-state index contributed by atoms with van der Waals surface area (Å²) in [5.74, 6) is 0. The largest absolute Gasteiger partial charge is 0.390 e. The van der Waals surface area contributed by atoms with Crippen LogP contribution in [0, 0.1) is 17.0 Å². The van der Waals surface area contributed by atoms with Crippen LogP contribution in [0.5, 0.6) is 0 Å². The number of thiophene rings is 1. The van der Waals surface area contributed by atoms with Crippen molar-refractivity contribution < 1.29 is 4.92 Å². The van der Waals surface area contributed by atoms with Gasteiger partial charge in [0.25, 0.3) is 5.69 Å². The smallest absolute Gasteiger partial charge is 0.272 e. The molecular weight excluding hydrogens is 260 g/mol. The van der Waals surface area contributed by atoms with E-state index in [-0.39, 0.29) is 10.6 Å². The van der Waals surface area contributed by atoms with Gasteiger partial charge >= 0.3 is 0 Å². The standard InChI is InChI=1S/C14H14N2O2S/c1-8-5-6-9(7-11(8)16(17)18)13-10-3-2-4-12(10)19-14(13)15/h5-7H,2-4,15H2,1H3. The van der Waals surface area contributed by atoms with Gasteiger partial charge in [0.1, 0.15) is 0 Å². The number of nitrogens with zero attached hydrogens (tertiary/aromatic N) is 1. The van der Waals surface area contributed by atoms with Crippen LogP contribution in [-0.4, -0.2) is 4.92 Å². The highest BCUT2D eigenvalue weighted by Gasteiger charge is 2.23. The molecule has 0 radical (unpaired) electrons. The quantitative estimate of drug-likeness (QED) is 0.670. The second-order valence-electron chi connectivity index (χ2n) is 4.85. The van der Waals surface area contributed by atoms with Crippen molar-refractivity contribution in [2.75, 3.05) is 5.73 Å². The average Bonchev–Trinajstić information content (AvgIpc) is 2.89. The number of fused-ring (bicyclic) bond motifs is 1. The van der Waals surface area contributed by atoms with E-state index in [1.165, 1.54) is 10.4 Å².